The molecule has 1 unspecified atom stereocenters. The van der Waals surface area contributed by atoms with Crippen molar-refractivity contribution in [3.63, 3.8) is 0 Å². The number of ether oxygens (including phenoxy) is 1. The Morgan fingerprint density at radius 1 is 1.03 bits per heavy atom. The lowest BCUT2D eigenvalue weighted by molar-refractivity contribution is -0.153. The Labute approximate surface area is 193 Å². The van der Waals surface area contributed by atoms with Crippen LogP contribution in [0.4, 0.5) is 5.69 Å². The van der Waals surface area contributed by atoms with E-state index >= 15 is 0 Å². The summed E-state index contributed by atoms with van der Waals surface area (Å²) in [5, 5.41) is 3.10. The van der Waals surface area contributed by atoms with Gasteiger partial charge in [0.1, 0.15) is 0 Å². The average molecular weight is 484 g/mol. The first kappa shape index (κ1) is 23.1. The Balaban J connectivity index is 1.48. The molecule has 2 aromatic carbocycles. The van der Waals surface area contributed by atoms with Crippen molar-refractivity contribution >= 4 is 64.2 Å². The molecule has 3 amide bonds. The number of imide groups is 1. The second kappa shape index (κ2) is 9.68. The highest BCUT2D eigenvalue weighted by atomic mass is 35.5. The van der Waals surface area contributed by atoms with Crippen molar-refractivity contribution in [1.82, 2.24) is 4.90 Å². The Morgan fingerprint density at radius 3 is 2.13 bits per heavy atom. The summed E-state index contributed by atoms with van der Waals surface area (Å²) in [5.74, 6) is -2.05. The maximum Gasteiger partial charge on any atom is 0.306 e. The van der Waals surface area contributed by atoms with Crippen molar-refractivity contribution in [2.24, 2.45) is 0 Å². The first-order valence-corrected chi connectivity index (χ1v) is 10.4. The van der Waals surface area contributed by atoms with E-state index in [0.717, 1.165) is 4.90 Å². The standard InChI is InChI=1S/C21H17Cl3N2O5/c1-11(19(28)25-18-15(23)9-12(22)10-16(18)24)31-17(27)7-4-8-26-20(29)13-5-2-3-6-14(13)21(26)30/h2-3,5-6,9-11H,4,7-8H2,1H3,(H,25,28). The van der Waals surface area contributed by atoms with Gasteiger partial charge in [-0.05, 0) is 37.6 Å². The summed E-state index contributed by atoms with van der Waals surface area (Å²) in [6.45, 7) is 1.47. The molecule has 2 aromatic rings. The number of nitrogens with one attached hydrogen (secondary N) is 1. The lowest BCUT2D eigenvalue weighted by atomic mass is 10.1. The lowest BCUT2D eigenvalue weighted by Crippen LogP contribution is -2.32. The second-order valence-corrected chi connectivity index (χ2v) is 8.03. The number of fused-ring (bicyclic) bond motifs is 1. The van der Waals surface area contributed by atoms with Crippen molar-refractivity contribution in [1.29, 1.82) is 0 Å². The summed E-state index contributed by atoms with van der Waals surface area (Å²) in [5.41, 5.74) is 0.853. The van der Waals surface area contributed by atoms with Crippen molar-refractivity contribution < 1.29 is 23.9 Å². The molecule has 1 atom stereocenters. The summed E-state index contributed by atoms with van der Waals surface area (Å²) in [6.07, 6.45) is -0.990. The number of benzene rings is 2. The van der Waals surface area contributed by atoms with Crippen molar-refractivity contribution in [3.8, 4) is 0 Å². The minimum Gasteiger partial charge on any atom is -0.453 e. The van der Waals surface area contributed by atoms with Gasteiger partial charge in [0.15, 0.2) is 6.10 Å². The van der Waals surface area contributed by atoms with Gasteiger partial charge in [0.05, 0.1) is 26.9 Å². The third kappa shape index (κ3) is 5.18. The van der Waals surface area contributed by atoms with Crippen LogP contribution < -0.4 is 5.32 Å². The predicted octanol–water partition coefficient (Wildman–Crippen LogP) is 4.59. The molecule has 0 aromatic heterocycles. The van der Waals surface area contributed by atoms with Gasteiger partial charge in [0.2, 0.25) is 0 Å². The fraction of sp³-hybridized carbons (Fsp3) is 0.238. The van der Waals surface area contributed by atoms with Gasteiger partial charge < -0.3 is 10.1 Å². The lowest BCUT2D eigenvalue weighted by Gasteiger charge is -2.16. The number of halogens is 3. The molecule has 1 heterocycles. The quantitative estimate of drug-likeness (QED) is 0.459. The third-order valence-electron chi connectivity index (χ3n) is 4.57. The number of anilines is 1. The first-order chi connectivity index (χ1) is 14.7. The number of esters is 1. The van der Waals surface area contributed by atoms with Crippen LogP contribution in [0.2, 0.25) is 15.1 Å². The monoisotopic (exact) mass is 482 g/mol. The maximum atomic E-state index is 12.3. The number of carbonyl (C=O) groups is 4. The zero-order valence-electron chi connectivity index (χ0n) is 16.3. The highest BCUT2D eigenvalue weighted by molar-refractivity contribution is 6.42. The molecule has 0 saturated carbocycles. The molecule has 1 N–H and O–H groups in total. The molecule has 3 rings (SSSR count). The highest BCUT2D eigenvalue weighted by Crippen LogP contribution is 2.33. The van der Waals surface area contributed by atoms with Crippen LogP contribution in [0.5, 0.6) is 0 Å². The number of hydrogen-bond acceptors (Lipinski definition) is 5. The van der Waals surface area contributed by atoms with E-state index in [4.69, 9.17) is 39.5 Å². The number of rotatable bonds is 7. The first-order valence-electron chi connectivity index (χ1n) is 9.29. The van der Waals surface area contributed by atoms with Gasteiger partial charge in [0, 0.05) is 18.0 Å². The van der Waals surface area contributed by atoms with E-state index in [1.54, 1.807) is 24.3 Å². The van der Waals surface area contributed by atoms with Gasteiger partial charge in [-0.15, -0.1) is 0 Å². The predicted molar refractivity (Wildman–Crippen MR) is 117 cm³/mol. The van der Waals surface area contributed by atoms with Crippen LogP contribution in [-0.4, -0.2) is 41.2 Å². The average Bonchev–Trinajstić information content (AvgIpc) is 2.95. The Bertz CT molecular complexity index is 1010. The number of nitrogens with zero attached hydrogens (tertiary/aromatic N) is 1. The smallest absolute Gasteiger partial charge is 0.306 e. The molecule has 7 nitrogen and oxygen atoms in total. The zero-order chi connectivity index (χ0) is 22.7. The third-order valence-corrected chi connectivity index (χ3v) is 5.39. The number of amides is 3. The molecule has 1 aliphatic heterocycles. The minimum absolute atomic E-state index is 0.0675. The van der Waals surface area contributed by atoms with Crippen molar-refractivity contribution in [2.45, 2.75) is 25.9 Å². The van der Waals surface area contributed by atoms with Gasteiger partial charge in [0.25, 0.3) is 17.7 Å². The summed E-state index contributed by atoms with van der Waals surface area (Å²) in [6, 6.07) is 9.37. The minimum atomic E-state index is -1.12. The van der Waals surface area contributed by atoms with E-state index in [2.05, 4.69) is 5.32 Å². The highest BCUT2D eigenvalue weighted by Gasteiger charge is 2.34. The normalized spacial score (nSPS) is 13.7. The van der Waals surface area contributed by atoms with Crippen LogP contribution in [0.1, 0.15) is 40.5 Å². The van der Waals surface area contributed by atoms with Crippen LogP contribution in [0.3, 0.4) is 0 Å². The summed E-state index contributed by atoms with van der Waals surface area (Å²) < 4.78 is 5.12. The molecular formula is C21H17Cl3N2O5. The molecule has 10 heteroatoms. The molecule has 31 heavy (non-hydrogen) atoms. The second-order valence-electron chi connectivity index (χ2n) is 6.78. The van der Waals surface area contributed by atoms with Crippen molar-refractivity contribution in [2.75, 3.05) is 11.9 Å². The van der Waals surface area contributed by atoms with Gasteiger partial charge in [-0.1, -0.05) is 46.9 Å². The molecular weight excluding hydrogens is 467 g/mol. The summed E-state index contributed by atoms with van der Waals surface area (Å²) in [7, 11) is 0. The zero-order valence-corrected chi connectivity index (χ0v) is 18.6. The van der Waals surface area contributed by atoms with Gasteiger partial charge in [-0.2, -0.15) is 0 Å². The van der Waals surface area contributed by atoms with E-state index in [0.29, 0.717) is 16.1 Å². The largest absolute Gasteiger partial charge is 0.453 e. The Morgan fingerprint density at radius 2 is 1.58 bits per heavy atom. The van der Waals surface area contributed by atoms with Crippen LogP contribution in [0.25, 0.3) is 0 Å². The number of hydrogen-bond donors (Lipinski definition) is 1. The van der Waals surface area contributed by atoms with E-state index in [9.17, 15) is 19.2 Å². The van der Waals surface area contributed by atoms with Crippen LogP contribution in [-0.2, 0) is 14.3 Å². The van der Waals surface area contributed by atoms with E-state index in [-0.39, 0.29) is 35.1 Å². The van der Waals surface area contributed by atoms with E-state index in [1.807, 2.05) is 0 Å². The van der Waals surface area contributed by atoms with E-state index in [1.165, 1.54) is 19.1 Å². The number of carbonyl (C=O) groups excluding carboxylic acids is 4. The molecule has 162 valence electrons. The van der Waals surface area contributed by atoms with Gasteiger partial charge in [-0.25, -0.2) is 0 Å². The van der Waals surface area contributed by atoms with Gasteiger partial charge >= 0.3 is 5.97 Å². The SMILES string of the molecule is CC(OC(=O)CCCN1C(=O)c2ccccc2C1=O)C(=O)Nc1c(Cl)cc(Cl)cc1Cl. The van der Waals surface area contributed by atoms with Crippen molar-refractivity contribution in [3.05, 3.63) is 62.6 Å². The summed E-state index contributed by atoms with van der Waals surface area (Å²) >= 11 is 17.9. The Kier molecular flexibility index (Phi) is 7.20. The fourth-order valence-electron chi connectivity index (χ4n) is 3.02. The molecule has 0 bridgehead atoms. The topological polar surface area (TPSA) is 92.8 Å². The molecule has 0 saturated heterocycles. The maximum absolute atomic E-state index is 12.3. The van der Waals surface area contributed by atoms with Crippen LogP contribution in [0.15, 0.2) is 36.4 Å². The molecule has 0 fully saturated rings. The van der Waals surface area contributed by atoms with Gasteiger partial charge in [-0.3, -0.25) is 24.1 Å². The summed E-state index contributed by atoms with van der Waals surface area (Å²) in [4.78, 5) is 50.1. The van der Waals surface area contributed by atoms with Crippen LogP contribution >= 0.6 is 34.8 Å². The van der Waals surface area contributed by atoms with Crippen LogP contribution in [0, 0.1) is 0 Å². The fourth-order valence-corrected chi connectivity index (χ4v) is 3.93. The molecule has 0 spiro atoms. The molecule has 1 aliphatic rings. The van der Waals surface area contributed by atoms with E-state index < -0.39 is 29.8 Å². The molecule has 0 aliphatic carbocycles. The Hall–Kier alpha value is -2.61. The molecule has 0 radical (unpaired) electrons.